The molecule has 0 spiro atoms. The van der Waals surface area contributed by atoms with Crippen molar-refractivity contribution in [1.82, 2.24) is 5.32 Å². The highest BCUT2D eigenvalue weighted by Crippen LogP contribution is 2.18. The molecule has 0 aliphatic heterocycles. The average molecular weight is 282 g/mol. The maximum Gasteiger partial charge on any atom is 0.122 e. The molecule has 0 fully saturated rings. The monoisotopic (exact) mass is 281 g/mol. The van der Waals surface area contributed by atoms with Crippen LogP contribution in [0.4, 0.5) is 0 Å². The molecule has 0 aliphatic rings. The summed E-state index contributed by atoms with van der Waals surface area (Å²) in [5.74, 6) is 1.91. The lowest BCUT2D eigenvalue weighted by Gasteiger charge is -2.15. The quantitative estimate of drug-likeness (QED) is 0.881. The smallest absolute Gasteiger partial charge is 0.122 e. The molecule has 1 unspecified atom stereocenters. The molecule has 0 saturated heterocycles. The minimum Gasteiger partial charge on any atom is -0.496 e. The molecule has 19 heavy (non-hydrogen) atoms. The van der Waals surface area contributed by atoms with Gasteiger partial charge in [-0.25, -0.2) is 0 Å². The van der Waals surface area contributed by atoms with Crippen molar-refractivity contribution < 1.29 is 9.15 Å². The van der Waals surface area contributed by atoms with Gasteiger partial charge in [0, 0.05) is 6.04 Å². The molecule has 2 rings (SSSR count). The molecule has 1 aromatic heterocycles. The van der Waals surface area contributed by atoms with Crippen molar-refractivity contribution in [3.63, 3.8) is 0 Å². The van der Waals surface area contributed by atoms with Crippen LogP contribution in [-0.4, -0.2) is 13.2 Å². The van der Waals surface area contributed by atoms with Gasteiger partial charge in [-0.2, -0.15) is 0 Å². The highest BCUT2D eigenvalue weighted by molar-refractivity contribution is 5.85. The first-order valence-electron chi connectivity index (χ1n) is 6.17. The van der Waals surface area contributed by atoms with Crippen LogP contribution in [0.25, 0.3) is 0 Å². The lowest BCUT2D eigenvalue weighted by Crippen LogP contribution is -2.27. The summed E-state index contributed by atoms with van der Waals surface area (Å²) >= 11 is 0. The van der Waals surface area contributed by atoms with Gasteiger partial charge in [-0.1, -0.05) is 18.2 Å². The van der Waals surface area contributed by atoms with Crippen molar-refractivity contribution >= 4 is 12.4 Å². The summed E-state index contributed by atoms with van der Waals surface area (Å²) in [4.78, 5) is 0. The van der Waals surface area contributed by atoms with Gasteiger partial charge >= 0.3 is 0 Å². The Morgan fingerprint density at radius 3 is 2.68 bits per heavy atom. The van der Waals surface area contributed by atoms with E-state index in [-0.39, 0.29) is 12.4 Å². The van der Waals surface area contributed by atoms with Gasteiger partial charge in [-0.15, -0.1) is 12.4 Å². The van der Waals surface area contributed by atoms with Crippen LogP contribution in [0.15, 0.2) is 47.1 Å². The maximum atomic E-state index is 5.35. The topological polar surface area (TPSA) is 34.4 Å². The van der Waals surface area contributed by atoms with Crippen LogP contribution in [0, 0.1) is 0 Å². The highest BCUT2D eigenvalue weighted by atomic mass is 35.5. The SMILES string of the molecule is COc1ccccc1CC(C)NCc1ccco1.Cl. The Kier molecular flexibility index (Phi) is 6.46. The largest absolute Gasteiger partial charge is 0.496 e. The Labute approximate surface area is 120 Å². The van der Waals surface area contributed by atoms with E-state index in [0.29, 0.717) is 6.04 Å². The molecule has 1 N–H and O–H groups in total. The third-order valence-electron chi connectivity index (χ3n) is 2.92. The Hall–Kier alpha value is -1.45. The Morgan fingerprint density at radius 1 is 1.21 bits per heavy atom. The minimum absolute atomic E-state index is 0. The molecule has 4 heteroatoms. The number of furan rings is 1. The fourth-order valence-corrected chi connectivity index (χ4v) is 1.96. The normalized spacial score (nSPS) is 11.7. The molecule has 0 amide bonds. The number of para-hydroxylation sites is 1. The molecular weight excluding hydrogens is 262 g/mol. The third kappa shape index (κ3) is 4.62. The zero-order valence-corrected chi connectivity index (χ0v) is 12.1. The van der Waals surface area contributed by atoms with E-state index in [2.05, 4.69) is 18.3 Å². The van der Waals surface area contributed by atoms with Gasteiger partial charge in [0.2, 0.25) is 0 Å². The molecule has 0 saturated carbocycles. The number of benzene rings is 1. The van der Waals surface area contributed by atoms with E-state index >= 15 is 0 Å². The van der Waals surface area contributed by atoms with Crippen LogP contribution in [0.2, 0.25) is 0 Å². The summed E-state index contributed by atoms with van der Waals surface area (Å²) in [7, 11) is 1.71. The Bertz CT molecular complexity index is 471. The lowest BCUT2D eigenvalue weighted by atomic mass is 10.1. The molecule has 1 aromatic carbocycles. The number of rotatable bonds is 6. The van der Waals surface area contributed by atoms with E-state index in [1.54, 1.807) is 13.4 Å². The summed E-state index contributed by atoms with van der Waals surface area (Å²) in [6.45, 7) is 2.92. The second kappa shape index (κ2) is 7.87. The van der Waals surface area contributed by atoms with Gasteiger partial charge in [-0.3, -0.25) is 0 Å². The predicted molar refractivity (Wildman–Crippen MR) is 79.0 cm³/mol. The summed E-state index contributed by atoms with van der Waals surface area (Å²) < 4.78 is 10.6. The fourth-order valence-electron chi connectivity index (χ4n) is 1.96. The van der Waals surface area contributed by atoms with E-state index in [4.69, 9.17) is 9.15 Å². The van der Waals surface area contributed by atoms with Crippen LogP contribution in [0.5, 0.6) is 5.75 Å². The first-order valence-corrected chi connectivity index (χ1v) is 6.17. The summed E-state index contributed by atoms with van der Waals surface area (Å²) in [6.07, 6.45) is 2.63. The van der Waals surface area contributed by atoms with Crippen LogP contribution in [0.3, 0.4) is 0 Å². The highest BCUT2D eigenvalue weighted by Gasteiger charge is 2.08. The van der Waals surface area contributed by atoms with Crippen molar-refractivity contribution in [2.75, 3.05) is 7.11 Å². The molecule has 0 radical (unpaired) electrons. The first-order chi connectivity index (χ1) is 8.79. The first kappa shape index (κ1) is 15.6. The van der Waals surface area contributed by atoms with E-state index in [0.717, 1.165) is 24.5 Å². The van der Waals surface area contributed by atoms with Crippen molar-refractivity contribution in [3.05, 3.63) is 54.0 Å². The van der Waals surface area contributed by atoms with E-state index in [9.17, 15) is 0 Å². The van der Waals surface area contributed by atoms with Crippen molar-refractivity contribution in [2.45, 2.75) is 25.9 Å². The lowest BCUT2D eigenvalue weighted by molar-refractivity contribution is 0.404. The van der Waals surface area contributed by atoms with Crippen LogP contribution >= 0.6 is 12.4 Å². The van der Waals surface area contributed by atoms with Gasteiger partial charge in [0.25, 0.3) is 0 Å². The maximum absolute atomic E-state index is 5.35. The minimum atomic E-state index is 0. The van der Waals surface area contributed by atoms with Gasteiger partial charge in [-0.05, 0) is 37.1 Å². The molecule has 0 aliphatic carbocycles. The van der Waals surface area contributed by atoms with E-state index in [1.807, 2.05) is 30.3 Å². The molecule has 1 heterocycles. The van der Waals surface area contributed by atoms with E-state index < -0.39 is 0 Å². The molecular formula is C15H20ClNO2. The van der Waals surface area contributed by atoms with Gasteiger partial charge in [0.05, 0.1) is 19.9 Å². The number of halogens is 1. The number of hydrogen-bond acceptors (Lipinski definition) is 3. The average Bonchev–Trinajstić information content (AvgIpc) is 2.90. The van der Waals surface area contributed by atoms with Crippen LogP contribution in [0.1, 0.15) is 18.2 Å². The van der Waals surface area contributed by atoms with Gasteiger partial charge in [0.1, 0.15) is 11.5 Å². The van der Waals surface area contributed by atoms with Gasteiger partial charge in [0.15, 0.2) is 0 Å². The third-order valence-corrected chi connectivity index (χ3v) is 2.92. The predicted octanol–water partition coefficient (Wildman–Crippen LogP) is 3.43. The van der Waals surface area contributed by atoms with Crippen molar-refractivity contribution in [2.24, 2.45) is 0 Å². The Balaban J connectivity index is 0.00000180. The summed E-state index contributed by atoms with van der Waals surface area (Å²) in [5.41, 5.74) is 1.22. The Morgan fingerprint density at radius 2 is 2.00 bits per heavy atom. The van der Waals surface area contributed by atoms with Crippen LogP contribution < -0.4 is 10.1 Å². The summed E-state index contributed by atoms with van der Waals surface area (Å²) in [5, 5.41) is 3.44. The second-order valence-corrected chi connectivity index (χ2v) is 4.38. The molecule has 0 bridgehead atoms. The van der Waals surface area contributed by atoms with E-state index in [1.165, 1.54) is 5.56 Å². The molecule has 104 valence electrons. The zero-order valence-electron chi connectivity index (χ0n) is 11.3. The molecule has 2 aromatic rings. The zero-order chi connectivity index (χ0) is 12.8. The van der Waals surface area contributed by atoms with Crippen molar-refractivity contribution in [3.8, 4) is 5.75 Å². The molecule has 3 nitrogen and oxygen atoms in total. The molecule has 1 atom stereocenters. The second-order valence-electron chi connectivity index (χ2n) is 4.38. The van der Waals surface area contributed by atoms with Gasteiger partial charge < -0.3 is 14.5 Å². The van der Waals surface area contributed by atoms with Crippen molar-refractivity contribution in [1.29, 1.82) is 0 Å². The number of ether oxygens (including phenoxy) is 1. The number of nitrogens with one attached hydrogen (secondary N) is 1. The summed E-state index contributed by atoms with van der Waals surface area (Å²) in [6, 6.07) is 12.4. The number of methoxy groups -OCH3 is 1. The standard InChI is InChI=1S/C15H19NO2.ClH/c1-12(16-11-14-7-5-9-18-14)10-13-6-3-4-8-15(13)17-2;/h3-9,12,16H,10-11H2,1-2H3;1H. The number of hydrogen-bond donors (Lipinski definition) is 1. The van der Waals surface area contributed by atoms with Crippen LogP contribution in [-0.2, 0) is 13.0 Å². The fraction of sp³-hybridized carbons (Fsp3) is 0.333.